The Bertz CT molecular complexity index is 1410. The lowest BCUT2D eigenvalue weighted by Crippen LogP contribution is -2.24. The summed E-state index contributed by atoms with van der Waals surface area (Å²) in [5, 5.41) is 0.919. The minimum absolute atomic E-state index is 0.156. The van der Waals surface area contributed by atoms with Gasteiger partial charge in [-0.2, -0.15) is 0 Å². The molecule has 7 heteroatoms. The summed E-state index contributed by atoms with van der Waals surface area (Å²) in [6.07, 6.45) is 0.214. The highest BCUT2D eigenvalue weighted by Crippen LogP contribution is 2.34. The van der Waals surface area contributed by atoms with Crippen LogP contribution in [0.1, 0.15) is 21.6 Å². The molecular formula is C25H18ClNO5. The third kappa shape index (κ3) is 3.39. The topological polar surface area (TPSA) is 66.8 Å². The molecule has 0 bridgehead atoms. The van der Waals surface area contributed by atoms with E-state index in [1.54, 1.807) is 28.8 Å². The summed E-state index contributed by atoms with van der Waals surface area (Å²) in [6, 6.07) is 19.8. The molecule has 0 radical (unpaired) electrons. The number of aromatic nitrogens is 1. The number of rotatable bonds is 4. The smallest absolute Gasteiger partial charge is 0.355 e. The average molecular weight is 448 g/mol. The molecule has 1 aliphatic rings. The van der Waals surface area contributed by atoms with E-state index in [9.17, 15) is 9.59 Å². The van der Waals surface area contributed by atoms with Crippen LogP contribution < -0.4 is 14.9 Å². The van der Waals surface area contributed by atoms with E-state index in [-0.39, 0.29) is 24.3 Å². The largest absolute Gasteiger partial charge is 0.464 e. The number of hydrogen-bond donors (Lipinski definition) is 0. The molecule has 0 amide bonds. The van der Waals surface area contributed by atoms with Crippen LogP contribution >= 0.6 is 11.6 Å². The molecule has 0 unspecified atom stereocenters. The molecule has 3 aromatic carbocycles. The first-order valence-electron chi connectivity index (χ1n) is 9.96. The average Bonchev–Trinajstić information content (AvgIpc) is 3.28. The first kappa shape index (κ1) is 20.2. The lowest BCUT2D eigenvalue weighted by Gasteiger charge is -2.19. The molecule has 2 heterocycles. The molecule has 1 aliphatic heterocycles. The zero-order chi connectivity index (χ0) is 22.2. The summed E-state index contributed by atoms with van der Waals surface area (Å²) >= 11 is 6.26. The van der Waals surface area contributed by atoms with Crippen molar-refractivity contribution < 1.29 is 19.0 Å². The number of carbonyl (C=O) groups excluding carboxylic acids is 1. The molecular weight excluding hydrogens is 430 g/mol. The molecule has 0 atom stereocenters. The standard InChI is InChI=1S/C25H18ClNO5/c1-30-25(29)23-19(11-15-7-10-21-22(12-15)32-14-31-21)24(28)18-9-8-16(26)13-20(18)27(23)17-5-3-2-4-6-17/h2-10,12-13H,11,14H2,1H3. The zero-order valence-electron chi connectivity index (χ0n) is 17.1. The van der Waals surface area contributed by atoms with Crippen molar-refractivity contribution in [1.29, 1.82) is 0 Å². The number of pyridine rings is 1. The van der Waals surface area contributed by atoms with Gasteiger partial charge in [0.2, 0.25) is 6.79 Å². The highest BCUT2D eigenvalue weighted by atomic mass is 35.5. The molecule has 4 aromatic rings. The van der Waals surface area contributed by atoms with Crippen LogP contribution in [0.5, 0.6) is 11.5 Å². The number of hydrogen-bond acceptors (Lipinski definition) is 5. The van der Waals surface area contributed by atoms with Gasteiger partial charge in [-0.3, -0.25) is 4.79 Å². The zero-order valence-corrected chi connectivity index (χ0v) is 17.9. The molecule has 0 spiro atoms. The Balaban J connectivity index is 1.82. The number of carbonyl (C=O) groups is 1. The summed E-state index contributed by atoms with van der Waals surface area (Å²) in [4.78, 5) is 26.6. The van der Waals surface area contributed by atoms with Gasteiger partial charge in [0.15, 0.2) is 16.9 Å². The fourth-order valence-corrected chi connectivity index (χ4v) is 4.15. The van der Waals surface area contributed by atoms with E-state index in [0.717, 1.165) is 5.56 Å². The van der Waals surface area contributed by atoms with E-state index >= 15 is 0 Å². The maximum absolute atomic E-state index is 13.6. The monoisotopic (exact) mass is 447 g/mol. The molecule has 1 aromatic heterocycles. The fraction of sp³-hybridized carbons (Fsp3) is 0.120. The quantitative estimate of drug-likeness (QED) is 0.422. The number of esters is 1. The van der Waals surface area contributed by atoms with E-state index in [2.05, 4.69) is 0 Å². The minimum atomic E-state index is -0.608. The molecule has 5 rings (SSSR count). The van der Waals surface area contributed by atoms with E-state index < -0.39 is 5.97 Å². The molecule has 160 valence electrons. The second-order valence-corrected chi connectivity index (χ2v) is 7.78. The van der Waals surface area contributed by atoms with Crippen LogP contribution in [-0.4, -0.2) is 24.4 Å². The number of fused-ring (bicyclic) bond motifs is 2. The highest BCUT2D eigenvalue weighted by molar-refractivity contribution is 6.31. The van der Waals surface area contributed by atoms with E-state index in [1.165, 1.54) is 7.11 Å². The predicted octanol–water partition coefficient (Wildman–Crippen LogP) is 4.75. The Morgan fingerprint density at radius 2 is 1.81 bits per heavy atom. The number of benzene rings is 3. The van der Waals surface area contributed by atoms with Crippen LogP contribution in [-0.2, 0) is 11.2 Å². The van der Waals surface area contributed by atoms with Crippen molar-refractivity contribution in [3.05, 3.63) is 98.8 Å². The molecule has 0 N–H and O–H groups in total. The van der Waals surface area contributed by atoms with Crippen LogP contribution in [0.3, 0.4) is 0 Å². The second kappa shape index (κ2) is 8.05. The van der Waals surface area contributed by atoms with Crippen LogP contribution in [0.2, 0.25) is 5.02 Å². The maximum atomic E-state index is 13.6. The fourth-order valence-electron chi connectivity index (χ4n) is 3.98. The number of halogens is 1. The number of para-hydroxylation sites is 1. The summed E-state index contributed by atoms with van der Waals surface area (Å²) < 4.78 is 17.7. The van der Waals surface area contributed by atoms with Gasteiger partial charge in [-0.1, -0.05) is 35.9 Å². The Morgan fingerprint density at radius 3 is 2.59 bits per heavy atom. The highest BCUT2D eigenvalue weighted by Gasteiger charge is 2.25. The minimum Gasteiger partial charge on any atom is -0.464 e. The third-order valence-electron chi connectivity index (χ3n) is 5.44. The molecule has 6 nitrogen and oxygen atoms in total. The predicted molar refractivity (Wildman–Crippen MR) is 121 cm³/mol. The van der Waals surface area contributed by atoms with Gasteiger partial charge in [0.1, 0.15) is 5.69 Å². The Kier molecular flexibility index (Phi) is 5.07. The lowest BCUT2D eigenvalue weighted by atomic mass is 9.99. The summed E-state index contributed by atoms with van der Waals surface area (Å²) in [6.45, 7) is 0.156. The van der Waals surface area contributed by atoms with Crippen LogP contribution in [0, 0.1) is 0 Å². The first-order valence-corrected chi connectivity index (χ1v) is 10.3. The van der Waals surface area contributed by atoms with Crippen LogP contribution in [0.25, 0.3) is 16.6 Å². The first-order chi connectivity index (χ1) is 15.6. The second-order valence-electron chi connectivity index (χ2n) is 7.34. The van der Waals surface area contributed by atoms with Crippen molar-refractivity contribution in [2.24, 2.45) is 0 Å². The summed E-state index contributed by atoms with van der Waals surface area (Å²) in [5.74, 6) is 0.651. The SMILES string of the molecule is COC(=O)c1c(Cc2ccc3c(c2)OCO3)c(=O)c2ccc(Cl)cc2n1-c1ccccc1. The van der Waals surface area contributed by atoms with Gasteiger partial charge in [0, 0.05) is 28.1 Å². The lowest BCUT2D eigenvalue weighted by molar-refractivity contribution is 0.0590. The van der Waals surface area contributed by atoms with Crippen molar-refractivity contribution in [3.8, 4) is 17.2 Å². The van der Waals surface area contributed by atoms with Crippen molar-refractivity contribution in [2.75, 3.05) is 13.9 Å². The van der Waals surface area contributed by atoms with E-state index in [0.29, 0.717) is 38.7 Å². The van der Waals surface area contributed by atoms with Gasteiger partial charge in [-0.25, -0.2) is 4.79 Å². The maximum Gasteiger partial charge on any atom is 0.355 e. The Labute approximate surface area is 188 Å². The van der Waals surface area contributed by atoms with Gasteiger partial charge < -0.3 is 18.8 Å². The van der Waals surface area contributed by atoms with Crippen molar-refractivity contribution in [1.82, 2.24) is 4.57 Å². The summed E-state index contributed by atoms with van der Waals surface area (Å²) in [5.41, 5.74) is 2.30. The van der Waals surface area contributed by atoms with Gasteiger partial charge in [0.25, 0.3) is 0 Å². The van der Waals surface area contributed by atoms with E-state index in [4.69, 9.17) is 25.8 Å². The van der Waals surface area contributed by atoms with Crippen LogP contribution in [0.4, 0.5) is 0 Å². The molecule has 0 fully saturated rings. The van der Waals surface area contributed by atoms with Gasteiger partial charge in [-0.05, 0) is 48.0 Å². The Hall–Kier alpha value is -3.77. The Morgan fingerprint density at radius 1 is 1.03 bits per heavy atom. The van der Waals surface area contributed by atoms with Gasteiger partial charge >= 0.3 is 5.97 Å². The number of ether oxygens (including phenoxy) is 3. The van der Waals surface area contributed by atoms with Crippen molar-refractivity contribution >= 4 is 28.5 Å². The van der Waals surface area contributed by atoms with Crippen molar-refractivity contribution in [3.63, 3.8) is 0 Å². The van der Waals surface area contributed by atoms with Crippen LogP contribution in [0.15, 0.2) is 71.5 Å². The van der Waals surface area contributed by atoms with Crippen molar-refractivity contribution in [2.45, 2.75) is 6.42 Å². The molecule has 32 heavy (non-hydrogen) atoms. The van der Waals surface area contributed by atoms with Gasteiger partial charge in [0.05, 0.1) is 12.6 Å². The number of methoxy groups -OCH3 is 1. The molecule has 0 saturated heterocycles. The normalized spacial score (nSPS) is 12.2. The molecule has 0 aliphatic carbocycles. The van der Waals surface area contributed by atoms with Gasteiger partial charge in [-0.15, -0.1) is 0 Å². The van der Waals surface area contributed by atoms with E-state index in [1.807, 2.05) is 42.5 Å². The molecule has 0 saturated carbocycles. The third-order valence-corrected chi connectivity index (χ3v) is 5.67. The number of nitrogens with zero attached hydrogens (tertiary/aromatic N) is 1. The summed E-state index contributed by atoms with van der Waals surface area (Å²) in [7, 11) is 1.30.